The molecule has 0 aromatic heterocycles. The van der Waals surface area contributed by atoms with E-state index in [1.807, 2.05) is 4.90 Å². The van der Waals surface area contributed by atoms with Crippen molar-refractivity contribution in [3.63, 3.8) is 0 Å². The summed E-state index contributed by atoms with van der Waals surface area (Å²) in [4.78, 5) is 26.1. The number of likely N-dealkylation sites (tertiary alicyclic amines) is 1. The molecule has 1 saturated heterocycles. The number of nitrogens with two attached hydrogens (primary N) is 1. The minimum atomic E-state index is 0.0761. The van der Waals surface area contributed by atoms with Gasteiger partial charge in [0.1, 0.15) is 0 Å². The Balaban J connectivity index is 1.83. The van der Waals surface area contributed by atoms with Gasteiger partial charge in [-0.25, -0.2) is 0 Å². The van der Waals surface area contributed by atoms with Crippen molar-refractivity contribution in [3.05, 3.63) is 0 Å². The Morgan fingerprint density at radius 1 is 1.15 bits per heavy atom. The number of nitrogens with one attached hydrogen (secondary N) is 1. The maximum absolute atomic E-state index is 12.5. The van der Waals surface area contributed by atoms with Crippen molar-refractivity contribution >= 4 is 11.8 Å². The summed E-state index contributed by atoms with van der Waals surface area (Å²) in [6, 6.07) is 0. The van der Waals surface area contributed by atoms with Crippen molar-refractivity contribution in [3.8, 4) is 0 Å². The summed E-state index contributed by atoms with van der Waals surface area (Å²) in [5, 5.41) is 2.70. The summed E-state index contributed by atoms with van der Waals surface area (Å²) in [6.45, 7) is 2.14. The quantitative estimate of drug-likeness (QED) is 0.801. The summed E-state index contributed by atoms with van der Waals surface area (Å²) in [5.41, 5.74) is 5.74. The van der Waals surface area contributed by atoms with Crippen LogP contribution in [0.25, 0.3) is 0 Å². The molecule has 0 bridgehead atoms. The highest BCUT2D eigenvalue weighted by atomic mass is 16.2. The fraction of sp³-hybridized carbons (Fsp3) is 0.867. The van der Waals surface area contributed by atoms with Gasteiger partial charge in [-0.15, -0.1) is 0 Å². The van der Waals surface area contributed by atoms with Gasteiger partial charge in [-0.1, -0.05) is 6.42 Å². The maximum Gasteiger partial charge on any atom is 0.225 e. The van der Waals surface area contributed by atoms with Crippen molar-refractivity contribution in [1.82, 2.24) is 10.2 Å². The van der Waals surface area contributed by atoms with E-state index in [-0.39, 0.29) is 17.7 Å². The van der Waals surface area contributed by atoms with E-state index in [4.69, 9.17) is 5.73 Å². The Morgan fingerprint density at radius 2 is 1.85 bits per heavy atom. The Hall–Kier alpha value is -1.10. The molecule has 1 heterocycles. The second kappa shape index (κ2) is 7.07. The van der Waals surface area contributed by atoms with Gasteiger partial charge in [-0.3, -0.25) is 9.59 Å². The largest absolute Gasteiger partial charge is 0.359 e. The first-order chi connectivity index (χ1) is 9.65. The normalized spacial score (nSPS) is 28.2. The SMILES string of the molecule is CNC(=O)C1CCN(C(=O)C2CCCC(CN)C2)CC1. The van der Waals surface area contributed by atoms with Gasteiger partial charge < -0.3 is 16.0 Å². The van der Waals surface area contributed by atoms with Gasteiger partial charge >= 0.3 is 0 Å². The van der Waals surface area contributed by atoms with Crippen molar-refractivity contribution in [2.24, 2.45) is 23.5 Å². The predicted molar refractivity (Wildman–Crippen MR) is 77.9 cm³/mol. The molecule has 1 saturated carbocycles. The maximum atomic E-state index is 12.5. The molecule has 5 nitrogen and oxygen atoms in total. The van der Waals surface area contributed by atoms with Crippen molar-refractivity contribution in [1.29, 1.82) is 0 Å². The molecule has 0 spiro atoms. The standard InChI is InChI=1S/C15H27N3O2/c1-17-14(19)12-5-7-18(8-6-12)15(20)13-4-2-3-11(9-13)10-16/h11-13H,2-10,16H2,1H3,(H,17,19). The molecule has 114 valence electrons. The molecule has 0 aromatic rings. The van der Waals surface area contributed by atoms with Crippen LogP contribution in [-0.2, 0) is 9.59 Å². The molecular weight excluding hydrogens is 254 g/mol. The number of piperidine rings is 1. The second-order valence-corrected chi connectivity index (χ2v) is 6.18. The summed E-state index contributed by atoms with van der Waals surface area (Å²) in [5.74, 6) is 1.15. The Bertz CT molecular complexity index is 351. The van der Waals surface area contributed by atoms with Crippen molar-refractivity contribution in [2.45, 2.75) is 38.5 Å². The first kappa shape index (κ1) is 15.3. The van der Waals surface area contributed by atoms with Crippen LogP contribution in [-0.4, -0.2) is 43.4 Å². The molecule has 0 radical (unpaired) electrons. The van der Waals surface area contributed by atoms with Crippen LogP contribution in [0.1, 0.15) is 38.5 Å². The molecule has 5 heteroatoms. The van der Waals surface area contributed by atoms with E-state index in [9.17, 15) is 9.59 Å². The van der Waals surface area contributed by atoms with Crippen LogP contribution >= 0.6 is 0 Å². The molecular formula is C15H27N3O2. The lowest BCUT2D eigenvalue weighted by Crippen LogP contribution is -2.45. The first-order valence-electron chi connectivity index (χ1n) is 7.86. The molecule has 2 unspecified atom stereocenters. The zero-order valence-corrected chi connectivity index (χ0v) is 12.4. The lowest BCUT2D eigenvalue weighted by atomic mass is 9.80. The molecule has 1 aliphatic carbocycles. The van der Waals surface area contributed by atoms with Gasteiger partial charge in [0.25, 0.3) is 0 Å². The Labute approximate surface area is 121 Å². The van der Waals surface area contributed by atoms with Crippen molar-refractivity contribution in [2.75, 3.05) is 26.7 Å². The second-order valence-electron chi connectivity index (χ2n) is 6.18. The summed E-state index contributed by atoms with van der Waals surface area (Å²) in [7, 11) is 1.68. The molecule has 2 amide bonds. The van der Waals surface area contributed by atoms with Crippen LogP contribution in [0.2, 0.25) is 0 Å². The highest BCUT2D eigenvalue weighted by molar-refractivity contribution is 5.81. The highest BCUT2D eigenvalue weighted by Crippen LogP contribution is 2.30. The summed E-state index contributed by atoms with van der Waals surface area (Å²) < 4.78 is 0. The van der Waals surface area contributed by atoms with E-state index in [1.165, 1.54) is 6.42 Å². The van der Waals surface area contributed by atoms with Crippen LogP contribution in [0.4, 0.5) is 0 Å². The zero-order valence-electron chi connectivity index (χ0n) is 12.4. The monoisotopic (exact) mass is 281 g/mol. The van der Waals surface area contributed by atoms with Gasteiger partial charge in [-0.2, -0.15) is 0 Å². The van der Waals surface area contributed by atoms with E-state index in [0.717, 1.165) is 45.2 Å². The molecule has 2 aliphatic rings. The number of rotatable bonds is 3. The van der Waals surface area contributed by atoms with E-state index < -0.39 is 0 Å². The summed E-state index contributed by atoms with van der Waals surface area (Å²) >= 11 is 0. The third-order valence-corrected chi connectivity index (χ3v) is 4.89. The number of amides is 2. The molecule has 0 aromatic carbocycles. The average molecular weight is 281 g/mol. The number of carbonyl (C=O) groups is 2. The Kier molecular flexibility index (Phi) is 5.40. The topological polar surface area (TPSA) is 75.4 Å². The van der Waals surface area contributed by atoms with Gasteiger partial charge in [0.2, 0.25) is 11.8 Å². The van der Waals surface area contributed by atoms with Gasteiger partial charge in [0.15, 0.2) is 0 Å². The molecule has 2 atom stereocenters. The number of hydrogen-bond acceptors (Lipinski definition) is 3. The minimum Gasteiger partial charge on any atom is -0.359 e. The third kappa shape index (κ3) is 3.51. The van der Waals surface area contributed by atoms with E-state index in [0.29, 0.717) is 18.4 Å². The van der Waals surface area contributed by atoms with E-state index in [1.54, 1.807) is 7.05 Å². The average Bonchev–Trinajstić information content (AvgIpc) is 2.53. The minimum absolute atomic E-state index is 0.0761. The van der Waals surface area contributed by atoms with Crippen LogP contribution < -0.4 is 11.1 Å². The highest BCUT2D eigenvalue weighted by Gasteiger charge is 2.32. The van der Waals surface area contributed by atoms with Gasteiger partial charge in [0.05, 0.1) is 0 Å². The van der Waals surface area contributed by atoms with Crippen LogP contribution in [0.5, 0.6) is 0 Å². The molecule has 1 aliphatic heterocycles. The molecule has 20 heavy (non-hydrogen) atoms. The lowest BCUT2D eigenvalue weighted by molar-refractivity contribution is -0.140. The van der Waals surface area contributed by atoms with Crippen molar-refractivity contribution < 1.29 is 9.59 Å². The fourth-order valence-electron chi connectivity index (χ4n) is 3.55. The number of hydrogen-bond donors (Lipinski definition) is 2. The van der Waals surface area contributed by atoms with Gasteiger partial charge in [0, 0.05) is 32.0 Å². The number of carbonyl (C=O) groups excluding carboxylic acids is 2. The third-order valence-electron chi connectivity index (χ3n) is 4.89. The fourth-order valence-corrected chi connectivity index (χ4v) is 3.55. The molecule has 3 N–H and O–H groups in total. The summed E-state index contributed by atoms with van der Waals surface area (Å²) in [6.07, 6.45) is 5.82. The number of nitrogens with zero attached hydrogens (tertiary/aromatic N) is 1. The van der Waals surface area contributed by atoms with Crippen LogP contribution in [0, 0.1) is 17.8 Å². The smallest absolute Gasteiger partial charge is 0.225 e. The van der Waals surface area contributed by atoms with Gasteiger partial charge in [-0.05, 0) is 44.6 Å². The zero-order chi connectivity index (χ0) is 14.5. The molecule has 2 rings (SSSR count). The Morgan fingerprint density at radius 3 is 2.45 bits per heavy atom. The van der Waals surface area contributed by atoms with E-state index >= 15 is 0 Å². The lowest BCUT2D eigenvalue weighted by Gasteiger charge is -2.36. The molecule has 2 fully saturated rings. The first-order valence-corrected chi connectivity index (χ1v) is 7.86. The predicted octanol–water partition coefficient (Wildman–Crippen LogP) is 0.736. The van der Waals surface area contributed by atoms with E-state index in [2.05, 4.69) is 5.32 Å². The van der Waals surface area contributed by atoms with Crippen LogP contribution in [0.3, 0.4) is 0 Å². The van der Waals surface area contributed by atoms with Crippen LogP contribution in [0.15, 0.2) is 0 Å².